The smallest absolute Gasteiger partial charge is 0.312 e. The van der Waals surface area contributed by atoms with E-state index in [1.54, 1.807) is 39.8 Å². The number of Topliss-reactive ketones (excluding diaryl/α,β-unsaturated/α-hetero) is 1. The fraction of sp³-hybridized carbons (Fsp3) is 0.535. The molecular formula is C43H57N3O13. The number of carbonyl (C=O) groups excluding carboxylic acids is 4. The standard InChI is InChI=1S/C43H57N3O13/c1-19-11-10-12-20(2)42(54)46-28-17-30(56-18-31(48)45-27-15-26(44)16-27)32-33(38(28)52)37(51)24(6)40-34(32)41(53)43(8,59-40)57-14-13-29(55-9)21(3)39(58-25(7)47)23(5)36(50)22(4)35(19)49/h10-14,17,19,21-23,26-27,29,35-36,39,49-52H,15-16,18,44H2,1-9H3,(H,45,48)(H,46,54)/b11-10+,14-13+,20-12-/t19-,21+,22+,23+,26?,27?,29-,35-,36+,39+,43-/m0/s1. The Bertz CT molecular complexity index is 2060. The van der Waals surface area contributed by atoms with Gasteiger partial charge in [-0.05, 0) is 32.8 Å². The van der Waals surface area contributed by atoms with E-state index in [1.807, 2.05) is 0 Å². The third-order valence-electron chi connectivity index (χ3n) is 11.7. The number of rotatable bonds is 6. The molecule has 16 nitrogen and oxygen atoms in total. The number of fused-ring (bicyclic) bond motifs is 14. The number of ketones is 1. The molecule has 0 radical (unpaired) electrons. The minimum absolute atomic E-state index is 0.0173. The number of ether oxygens (including phenoxy) is 5. The summed E-state index contributed by atoms with van der Waals surface area (Å²) < 4.78 is 29.6. The number of phenolic OH excluding ortho intramolecular Hbond substituents is 2. The fourth-order valence-corrected chi connectivity index (χ4v) is 7.94. The minimum Gasteiger partial charge on any atom is -0.507 e. The maximum absolute atomic E-state index is 14.5. The average molecular weight is 824 g/mol. The lowest BCUT2D eigenvalue weighted by molar-refractivity contribution is -0.160. The maximum Gasteiger partial charge on any atom is 0.312 e. The van der Waals surface area contributed by atoms with Gasteiger partial charge in [-0.25, -0.2) is 0 Å². The molecule has 2 aromatic carbocycles. The largest absolute Gasteiger partial charge is 0.507 e. The van der Waals surface area contributed by atoms with Crippen molar-refractivity contribution in [2.24, 2.45) is 29.4 Å². The SMILES string of the molecule is CO[C@H]1/C=C/O[C@@]2(C)Oc3c(C)c(O)c4c(O)c(cc(OCC(=O)NC5CC(N)C5)c4c3C2=O)NC(=O)/C(C)=C\C=C\[C@H](C)[C@H](O)[C@@H](C)[C@@H](O)[C@@H](C)[C@H](OC(C)=O)[C@@H]1C. The topological polar surface area (TPSA) is 245 Å². The average Bonchev–Trinajstić information content (AvgIpc) is 3.44. The van der Waals surface area contributed by atoms with Gasteiger partial charge in [0, 0.05) is 79.3 Å². The second-order valence-electron chi connectivity index (χ2n) is 16.2. The molecule has 322 valence electrons. The lowest BCUT2D eigenvalue weighted by atomic mass is 9.78. The van der Waals surface area contributed by atoms with Gasteiger partial charge in [-0.1, -0.05) is 45.9 Å². The van der Waals surface area contributed by atoms with Crippen LogP contribution in [0, 0.1) is 30.6 Å². The number of hydrogen-bond donors (Lipinski definition) is 7. The van der Waals surface area contributed by atoms with Gasteiger partial charge in [0.05, 0.1) is 41.2 Å². The molecule has 1 aliphatic carbocycles. The normalized spacial score (nSPS) is 33.5. The molecule has 6 rings (SSSR count). The van der Waals surface area contributed by atoms with Crippen molar-refractivity contribution in [1.29, 1.82) is 0 Å². The van der Waals surface area contributed by atoms with Gasteiger partial charge in [0.1, 0.15) is 23.4 Å². The van der Waals surface area contributed by atoms with Crippen molar-refractivity contribution in [2.45, 2.75) is 111 Å². The quantitative estimate of drug-likeness (QED) is 0.161. The van der Waals surface area contributed by atoms with Crippen LogP contribution in [0.2, 0.25) is 0 Å². The summed E-state index contributed by atoms with van der Waals surface area (Å²) in [6.07, 6.45) is 4.75. The highest BCUT2D eigenvalue weighted by molar-refractivity contribution is 6.21. The summed E-state index contributed by atoms with van der Waals surface area (Å²) in [6.45, 7) is 12.0. The molecule has 1 fully saturated rings. The number of nitrogens with two attached hydrogens (primary N) is 1. The molecule has 0 unspecified atom stereocenters. The molecule has 0 saturated heterocycles. The lowest BCUT2D eigenvalue weighted by Gasteiger charge is -2.38. The summed E-state index contributed by atoms with van der Waals surface area (Å²) in [5, 5.41) is 51.2. The Morgan fingerprint density at radius 3 is 2.31 bits per heavy atom. The Morgan fingerprint density at radius 2 is 1.68 bits per heavy atom. The number of phenols is 2. The fourth-order valence-electron chi connectivity index (χ4n) is 7.94. The van der Waals surface area contributed by atoms with Gasteiger partial charge in [0.2, 0.25) is 0 Å². The van der Waals surface area contributed by atoms with Crippen LogP contribution in [0.5, 0.6) is 23.0 Å². The molecule has 3 heterocycles. The van der Waals surface area contributed by atoms with Gasteiger partial charge in [0.25, 0.3) is 17.6 Å². The highest BCUT2D eigenvalue weighted by atomic mass is 16.7. The molecule has 59 heavy (non-hydrogen) atoms. The third kappa shape index (κ3) is 9.20. The van der Waals surface area contributed by atoms with Gasteiger partial charge in [-0.2, -0.15) is 0 Å². The molecule has 8 N–H and O–H groups in total. The Hall–Kier alpha value is -5.16. The zero-order chi connectivity index (χ0) is 43.7. The number of nitrogens with one attached hydrogen (secondary N) is 2. The second-order valence-corrected chi connectivity index (χ2v) is 16.2. The monoisotopic (exact) mass is 823 g/mol. The van der Waals surface area contributed by atoms with E-state index in [0.29, 0.717) is 12.8 Å². The summed E-state index contributed by atoms with van der Waals surface area (Å²) in [5.41, 5.74) is 5.82. The highest BCUT2D eigenvalue weighted by Gasteiger charge is 2.50. The summed E-state index contributed by atoms with van der Waals surface area (Å²) in [6, 6.07) is 1.10. The van der Waals surface area contributed by atoms with Crippen LogP contribution in [-0.4, -0.2) is 100.0 Å². The Morgan fingerprint density at radius 1 is 1.00 bits per heavy atom. The van der Waals surface area contributed by atoms with Crippen LogP contribution < -0.4 is 25.8 Å². The van der Waals surface area contributed by atoms with Crippen molar-refractivity contribution in [3.63, 3.8) is 0 Å². The summed E-state index contributed by atoms with van der Waals surface area (Å²) >= 11 is 0. The number of carbonyl (C=O) groups is 4. The van der Waals surface area contributed by atoms with Crippen LogP contribution in [0.25, 0.3) is 10.8 Å². The van der Waals surface area contributed by atoms with Crippen molar-refractivity contribution in [2.75, 3.05) is 19.0 Å². The molecule has 0 aromatic heterocycles. The zero-order valence-corrected chi connectivity index (χ0v) is 34.9. The minimum atomic E-state index is -2.03. The highest BCUT2D eigenvalue weighted by Crippen LogP contribution is 2.54. The predicted octanol–water partition coefficient (Wildman–Crippen LogP) is 4.03. The molecule has 5 bridgehead atoms. The van der Waals surface area contributed by atoms with Gasteiger partial charge < -0.3 is 60.5 Å². The first-order valence-electron chi connectivity index (χ1n) is 19.7. The first-order valence-corrected chi connectivity index (χ1v) is 19.7. The number of methoxy groups -OCH3 is 1. The van der Waals surface area contributed by atoms with Crippen LogP contribution >= 0.6 is 0 Å². The van der Waals surface area contributed by atoms with Crippen LogP contribution in [0.3, 0.4) is 0 Å². The molecule has 4 aliphatic rings. The lowest BCUT2D eigenvalue weighted by Crippen LogP contribution is -2.51. The van der Waals surface area contributed by atoms with Crippen molar-refractivity contribution in [3.8, 4) is 23.0 Å². The number of aliphatic hydroxyl groups excluding tert-OH is 2. The zero-order valence-electron chi connectivity index (χ0n) is 34.9. The van der Waals surface area contributed by atoms with Gasteiger partial charge >= 0.3 is 11.8 Å². The maximum atomic E-state index is 14.5. The van der Waals surface area contributed by atoms with Crippen LogP contribution in [-0.2, 0) is 28.6 Å². The molecular weight excluding hydrogens is 766 g/mol. The summed E-state index contributed by atoms with van der Waals surface area (Å²) in [5.74, 6) is -8.24. The number of allylic oxidation sites excluding steroid dienone is 2. The summed E-state index contributed by atoms with van der Waals surface area (Å²) in [4.78, 5) is 53.3. The van der Waals surface area contributed by atoms with Gasteiger partial charge in [-0.3, -0.25) is 19.2 Å². The predicted molar refractivity (Wildman–Crippen MR) is 217 cm³/mol. The molecule has 3 aliphatic heterocycles. The third-order valence-corrected chi connectivity index (χ3v) is 11.7. The van der Waals surface area contributed by atoms with E-state index in [2.05, 4.69) is 10.6 Å². The van der Waals surface area contributed by atoms with Gasteiger partial charge in [-0.15, -0.1) is 0 Å². The second kappa shape index (κ2) is 18.0. The van der Waals surface area contributed by atoms with Crippen molar-refractivity contribution in [3.05, 3.63) is 53.3 Å². The van der Waals surface area contributed by atoms with Crippen LogP contribution in [0.15, 0.2) is 42.2 Å². The van der Waals surface area contributed by atoms with Crippen molar-refractivity contribution < 1.29 is 63.3 Å². The van der Waals surface area contributed by atoms with Crippen molar-refractivity contribution in [1.82, 2.24) is 5.32 Å². The molecule has 0 spiro atoms. The van der Waals surface area contributed by atoms with E-state index in [4.69, 9.17) is 29.4 Å². The number of benzene rings is 2. The first kappa shape index (κ1) is 44.9. The Labute approximate surface area is 343 Å². The Kier molecular flexibility index (Phi) is 13.7. The number of amides is 2. The molecule has 9 atom stereocenters. The van der Waals surface area contributed by atoms with E-state index in [9.17, 15) is 39.6 Å². The molecule has 16 heteroatoms. The van der Waals surface area contributed by atoms with Crippen molar-refractivity contribution >= 4 is 40.0 Å². The van der Waals surface area contributed by atoms with E-state index < -0.39 is 95.5 Å². The molecule has 2 aromatic rings. The number of hydrogen-bond acceptors (Lipinski definition) is 14. The number of aromatic hydroxyl groups is 2. The van der Waals surface area contributed by atoms with Crippen LogP contribution in [0.4, 0.5) is 5.69 Å². The van der Waals surface area contributed by atoms with Crippen LogP contribution in [0.1, 0.15) is 77.2 Å². The summed E-state index contributed by atoms with van der Waals surface area (Å²) in [7, 11) is 1.43. The molecule has 2 amide bonds. The number of anilines is 1. The van der Waals surface area contributed by atoms with E-state index >= 15 is 0 Å². The molecule has 1 saturated carbocycles. The Balaban J connectivity index is 1.64. The number of aliphatic hydroxyl groups is 2. The van der Waals surface area contributed by atoms with E-state index in [1.165, 1.54) is 59.3 Å². The first-order chi connectivity index (χ1) is 27.7. The van der Waals surface area contributed by atoms with Gasteiger partial charge in [0.15, 0.2) is 12.4 Å². The number of esters is 1. The van der Waals surface area contributed by atoms with E-state index in [-0.39, 0.29) is 56.7 Å². The van der Waals surface area contributed by atoms with E-state index in [0.717, 1.165) is 0 Å².